The second kappa shape index (κ2) is 6.19. The topological polar surface area (TPSA) is 21.3 Å². The molecule has 2 aliphatic carbocycles. The van der Waals surface area contributed by atoms with E-state index in [0.717, 1.165) is 19.0 Å². The number of nitrogens with one attached hydrogen (secondary N) is 1. The molecule has 0 atom stereocenters. The summed E-state index contributed by atoms with van der Waals surface area (Å²) in [6.45, 7) is 6.80. The lowest BCUT2D eigenvalue weighted by Gasteiger charge is -2.44. The lowest BCUT2D eigenvalue weighted by Crippen LogP contribution is -2.45. The van der Waals surface area contributed by atoms with E-state index in [4.69, 9.17) is 4.74 Å². The van der Waals surface area contributed by atoms with E-state index in [9.17, 15) is 0 Å². The zero-order valence-electron chi connectivity index (χ0n) is 11.6. The third-order valence-corrected chi connectivity index (χ3v) is 4.29. The van der Waals surface area contributed by atoms with Gasteiger partial charge in [0.2, 0.25) is 0 Å². The van der Waals surface area contributed by atoms with E-state index < -0.39 is 0 Å². The Kier molecular flexibility index (Phi) is 4.87. The van der Waals surface area contributed by atoms with Crippen LogP contribution in [0.3, 0.4) is 0 Å². The van der Waals surface area contributed by atoms with Crippen LogP contribution in [-0.4, -0.2) is 24.8 Å². The summed E-state index contributed by atoms with van der Waals surface area (Å²) in [5.74, 6) is 0.753. The molecule has 2 rings (SSSR count). The predicted molar refractivity (Wildman–Crippen MR) is 72.2 cm³/mol. The standard InChI is InChI=1S/C15H29NO/c1-13(2)12-16-11-10-15(8-5-9-15)17-14-6-3-4-7-14/h13-14,16H,3-12H2,1-2H3. The highest BCUT2D eigenvalue weighted by Gasteiger charge is 2.39. The lowest BCUT2D eigenvalue weighted by atomic mass is 9.77. The molecule has 0 radical (unpaired) electrons. The van der Waals surface area contributed by atoms with Gasteiger partial charge >= 0.3 is 0 Å². The van der Waals surface area contributed by atoms with Crippen molar-refractivity contribution in [1.82, 2.24) is 5.32 Å². The number of hydrogen-bond acceptors (Lipinski definition) is 2. The molecular weight excluding hydrogens is 210 g/mol. The Balaban J connectivity index is 1.67. The summed E-state index contributed by atoms with van der Waals surface area (Å²) in [5.41, 5.74) is 0.263. The van der Waals surface area contributed by atoms with Crippen LogP contribution in [-0.2, 0) is 4.74 Å². The normalized spacial score (nSPS) is 24.2. The van der Waals surface area contributed by atoms with Crippen LogP contribution < -0.4 is 5.32 Å². The van der Waals surface area contributed by atoms with Crippen LogP contribution in [0.1, 0.15) is 65.2 Å². The molecule has 2 saturated carbocycles. The molecule has 0 spiro atoms. The third-order valence-electron chi connectivity index (χ3n) is 4.29. The van der Waals surface area contributed by atoms with Gasteiger partial charge in [0.25, 0.3) is 0 Å². The van der Waals surface area contributed by atoms with E-state index in [-0.39, 0.29) is 5.60 Å². The van der Waals surface area contributed by atoms with Gasteiger partial charge in [-0.1, -0.05) is 26.7 Å². The minimum Gasteiger partial charge on any atom is -0.372 e. The molecule has 0 heterocycles. The number of ether oxygens (including phenoxy) is 1. The van der Waals surface area contributed by atoms with Crippen molar-refractivity contribution < 1.29 is 4.74 Å². The van der Waals surface area contributed by atoms with Crippen LogP contribution in [0, 0.1) is 5.92 Å². The van der Waals surface area contributed by atoms with Gasteiger partial charge in [0.15, 0.2) is 0 Å². The van der Waals surface area contributed by atoms with Crippen LogP contribution in [0.2, 0.25) is 0 Å². The zero-order valence-corrected chi connectivity index (χ0v) is 11.6. The third kappa shape index (κ3) is 3.96. The molecule has 0 unspecified atom stereocenters. The van der Waals surface area contributed by atoms with Gasteiger partial charge in [-0.3, -0.25) is 0 Å². The monoisotopic (exact) mass is 239 g/mol. The maximum absolute atomic E-state index is 6.40. The molecule has 2 aliphatic rings. The van der Waals surface area contributed by atoms with Crippen LogP contribution in [0.4, 0.5) is 0 Å². The van der Waals surface area contributed by atoms with Gasteiger partial charge in [0, 0.05) is 0 Å². The second-order valence-electron chi connectivity index (χ2n) is 6.41. The van der Waals surface area contributed by atoms with Gasteiger partial charge in [0.1, 0.15) is 0 Å². The maximum atomic E-state index is 6.40. The Morgan fingerprint density at radius 1 is 1.18 bits per heavy atom. The molecule has 0 aromatic rings. The zero-order chi connectivity index (χ0) is 12.1. The Hall–Kier alpha value is -0.0800. The quantitative estimate of drug-likeness (QED) is 0.687. The van der Waals surface area contributed by atoms with Crippen molar-refractivity contribution in [1.29, 1.82) is 0 Å². The Morgan fingerprint density at radius 3 is 2.41 bits per heavy atom. The first-order valence-electron chi connectivity index (χ1n) is 7.59. The van der Waals surface area contributed by atoms with Gasteiger partial charge in [0.05, 0.1) is 11.7 Å². The smallest absolute Gasteiger partial charge is 0.0698 e. The molecule has 2 nitrogen and oxygen atoms in total. The average molecular weight is 239 g/mol. The van der Waals surface area contributed by atoms with Gasteiger partial charge in [-0.15, -0.1) is 0 Å². The van der Waals surface area contributed by atoms with E-state index in [1.807, 2.05) is 0 Å². The summed E-state index contributed by atoms with van der Waals surface area (Å²) in [6.07, 6.45) is 11.1. The molecule has 0 bridgehead atoms. The van der Waals surface area contributed by atoms with Crippen molar-refractivity contribution in [2.24, 2.45) is 5.92 Å². The lowest BCUT2D eigenvalue weighted by molar-refractivity contribution is -0.140. The summed E-state index contributed by atoms with van der Waals surface area (Å²) in [5, 5.41) is 3.55. The number of rotatable bonds is 7. The van der Waals surface area contributed by atoms with Gasteiger partial charge in [-0.05, 0) is 57.5 Å². The van der Waals surface area contributed by atoms with Crippen molar-refractivity contribution in [3.05, 3.63) is 0 Å². The summed E-state index contributed by atoms with van der Waals surface area (Å²) in [4.78, 5) is 0. The highest BCUT2D eigenvalue weighted by molar-refractivity contribution is 4.92. The molecule has 0 aromatic carbocycles. The highest BCUT2D eigenvalue weighted by Crippen LogP contribution is 2.41. The average Bonchev–Trinajstić information content (AvgIpc) is 2.72. The van der Waals surface area contributed by atoms with Crippen LogP contribution in [0.15, 0.2) is 0 Å². The first-order chi connectivity index (χ1) is 8.20. The first kappa shape index (κ1) is 13.4. The fourth-order valence-corrected chi connectivity index (χ4v) is 3.06. The Labute approximate surface area is 107 Å². The Bertz CT molecular complexity index is 217. The van der Waals surface area contributed by atoms with Crippen molar-refractivity contribution in [2.75, 3.05) is 13.1 Å². The summed E-state index contributed by atoms with van der Waals surface area (Å²) in [7, 11) is 0. The fourth-order valence-electron chi connectivity index (χ4n) is 3.06. The van der Waals surface area contributed by atoms with Crippen molar-refractivity contribution in [3.8, 4) is 0 Å². The van der Waals surface area contributed by atoms with E-state index in [1.165, 1.54) is 51.4 Å². The minimum atomic E-state index is 0.263. The highest BCUT2D eigenvalue weighted by atomic mass is 16.5. The van der Waals surface area contributed by atoms with Crippen LogP contribution in [0.25, 0.3) is 0 Å². The van der Waals surface area contributed by atoms with Crippen molar-refractivity contribution >= 4 is 0 Å². The van der Waals surface area contributed by atoms with Crippen LogP contribution >= 0.6 is 0 Å². The van der Waals surface area contributed by atoms with Gasteiger partial charge < -0.3 is 10.1 Å². The van der Waals surface area contributed by atoms with E-state index in [2.05, 4.69) is 19.2 Å². The van der Waals surface area contributed by atoms with Gasteiger partial charge in [-0.25, -0.2) is 0 Å². The predicted octanol–water partition coefficient (Wildman–Crippen LogP) is 3.50. The minimum absolute atomic E-state index is 0.263. The largest absolute Gasteiger partial charge is 0.372 e. The van der Waals surface area contributed by atoms with Crippen LogP contribution in [0.5, 0.6) is 0 Å². The Morgan fingerprint density at radius 2 is 1.88 bits per heavy atom. The molecule has 1 N–H and O–H groups in total. The molecule has 17 heavy (non-hydrogen) atoms. The summed E-state index contributed by atoms with van der Waals surface area (Å²) >= 11 is 0. The number of hydrogen-bond donors (Lipinski definition) is 1. The molecule has 100 valence electrons. The van der Waals surface area contributed by atoms with E-state index in [0.29, 0.717) is 6.10 Å². The van der Waals surface area contributed by atoms with Crippen molar-refractivity contribution in [3.63, 3.8) is 0 Å². The van der Waals surface area contributed by atoms with E-state index >= 15 is 0 Å². The molecular formula is C15H29NO. The molecule has 2 fully saturated rings. The molecule has 0 aromatic heterocycles. The molecule has 0 aliphatic heterocycles. The fraction of sp³-hybridized carbons (Fsp3) is 1.00. The second-order valence-corrected chi connectivity index (χ2v) is 6.41. The molecule has 2 heteroatoms. The molecule has 0 amide bonds. The first-order valence-corrected chi connectivity index (χ1v) is 7.59. The summed E-state index contributed by atoms with van der Waals surface area (Å²) < 4.78 is 6.40. The SMILES string of the molecule is CC(C)CNCCC1(OC2CCCC2)CCC1. The van der Waals surface area contributed by atoms with Crippen molar-refractivity contribution in [2.45, 2.75) is 76.9 Å². The summed E-state index contributed by atoms with van der Waals surface area (Å²) in [6, 6.07) is 0. The maximum Gasteiger partial charge on any atom is 0.0698 e. The van der Waals surface area contributed by atoms with E-state index in [1.54, 1.807) is 0 Å². The molecule has 0 saturated heterocycles. The van der Waals surface area contributed by atoms with Gasteiger partial charge in [-0.2, -0.15) is 0 Å².